The summed E-state index contributed by atoms with van der Waals surface area (Å²) < 4.78 is 14.9. The molecule has 26 heavy (non-hydrogen) atoms. The minimum Gasteiger partial charge on any atom is -0.353 e. The van der Waals surface area contributed by atoms with Gasteiger partial charge in [0.1, 0.15) is 16.9 Å². The Morgan fingerprint density at radius 3 is 2.92 bits per heavy atom. The minimum absolute atomic E-state index is 0.0392. The molecule has 0 atom stereocenters. The van der Waals surface area contributed by atoms with E-state index < -0.39 is 0 Å². The van der Waals surface area contributed by atoms with E-state index in [2.05, 4.69) is 15.3 Å². The Bertz CT molecular complexity index is 1020. The van der Waals surface area contributed by atoms with Gasteiger partial charge < -0.3 is 10.3 Å². The summed E-state index contributed by atoms with van der Waals surface area (Å²) in [7, 11) is 0. The second-order valence-electron chi connectivity index (χ2n) is 6.93. The lowest BCUT2D eigenvalue weighted by Gasteiger charge is -2.22. The van der Waals surface area contributed by atoms with E-state index in [-0.39, 0.29) is 36.3 Å². The average molecular weight is 356 g/mol. The van der Waals surface area contributed by atoms with Crippen molar-refractivity contribution in [1.82, 2.24) is 19.9 Å². The number of amides is 1. The Morgan fingerprint density at radius 2 is 2.12 bits per heavy atom. The van der Waals surface area contributed by atoms with Gasteiger partial charge in [0.25, 0.3) is 5.56 Å². The van der Waals surface area contributed by atoms with Crippen LogP contribution in [0.2, 0.25) is 0 Å². The van der Waals surface area contributed by atoms with Gasteiger partial charge in [0, 0.05) is 29.9 Å². The molecule has 1 amide bonds. The highest BCUT2D eigenvalue weighted by Crippen LogP contribution is 2.22. The molecular formula is C19H21FN4O2. The summed E-state index contributed by atoms with van der Waals surface area (Å²) in [6.45, 7) is 0.268. The largest absolute Gasteiger partial charge is 0.353 e. The summed E-state index contributed by atoms with van der Waals surface area (Å²) in [6.07, 6.45) is 7.28. The van der Waals surface area contributed by atoms with Crippen molar-refractivity contribution in [2.24, 2.45) is 0 Å². The molecule has 2 aromatic heterocycles. The molecule has 1 aromatic carbocycles. The van der Waals surface area contributed by atoms with Gasteiger partial charge in [-0.15, -0.1) is 0 Å². The number of carbonyl (C=O) groups is 1. The number of fused-ring (bicyclic) bond motifs is 3. The van der Waals surface area contributed by atoms with Gasteiger partial charge in [-0.2, -0.15) is 0 Å². The van der Waals surface area contributed by atoms with Crippen LogP contribution in [0, 0.1) is 5.82 Å². The number of hydrogen-bond donors (Lipinski definition) is 2. The first-order chi connectivity index (χ1) is 12.6. The molecule has 2 heterocycles. The molecule has 6 nitrogen and oxygen atoms in total. The number of nitrogens with zero attached hydrogens (tertiary/aromatic N) is 2. The highest BCUT2D eigenvalue weighted by Gasteiger charge is 2.16. The molecular weight excluding hydrogens is 335 g/mol. The molecule has 0 saturated heterocycles. The van der Waals surface area contributed by atoms with Crippen LogP contribution in [0.3, 0.4) is 0 Å². The quantitative estimate of drug-likeness (QED) is 0.754. The van der Waals surface area contributed by atoms with Crippen LogP contribution in [-0.2, 0) is 11.3 Å². The number of aromatic amines is 1. The zero-order chi connectivity index (χ0) is 18.1. The molecule has 2 N–H and O–H groups in total. The standard InChI is InChI=1S/C19H21FN4O2/c20-12-6-7-15-14(10-12)17-18(23-15)19(26)24(11-21-17)9-8-16(25)22-13-4-2-1-3-5-13/h6-7,10-11,13,23H,1-5,8-9H2,(H,22,25). The molecule has 0 unspecified atom stereocenters. The van der Waals surface area contributed by atoms with E-state index in [0.717, 1.165) is 25.7 Å². The van der Waals surface area contributed by atoms with E-state index in [1.54, 1.807) is 6.07 Å². The number of hydrogen-bond acceptors (Lipinski definition) is 3. The summed E-state index contributed by atoms with van der Waals surface area (Å²) in [5.41, 5.74) is 1.20. The Kier molecular flexibility index (Phi) is 4.44. The molecule has 7 heteroatoms. The highest BCUT2D eigenvalue weighted by molar-refractivity contribution is 6.04. The fraction of sp³-hybridized carbons (Fsp3) is 0.421. The second-order valence-corrected chi connectivity index (χ2v) is 6.93. The average Bonchev–Trinajstić information content (AvgIpc) is 3.01. The monoisotopic (exact) mass is 356 g/mol. The topological polar surface area (TPSA) is 79.8 Å². The lowest BCUT2D eigenvalue weighted by Crippen LogP contribution is -2.37. The van der Waals surface area contributed by atoms with Gasteiger partial charge >= 0.3 is 0 Å². The maximum Gasteiger partial charge on any atom is 0.277 e. The van der Waals surface area contributed by atoms with Gasteiger partial charge in [0.2, 0.25) is 5.91 Å². The molecule has 0 radical (unpaired) electrons. The molecule has 136 valence electrons. The number of carbonyl (C=O) groups excluding carboxylic acids is 1. The Morgan fingerprint density at radius 1 is 1.31 bits per heavy atom. The van der Waals surface area contributed by atoms with Gasteiger partial charge in [-0.3, -0.25) is 14.2 Å². The lowest BCUT2D eigenvalue weighted by atomic mass is 9.95. The first-order valence-corrected chi connectivity index (χ1v) is 9.07. The van der Waals surface area contributed by atoms with Crippen LogP contribution in [0.5, 0.6) is 0 Å². The molecule has 4 rings (SSSR count). The zero-order valence-corrected chi connectivity index (χ0v) is 14.4. The van der Waals surface area contributed by atoms with E-state index in [1.165, 1.54) is 29.4 Å². The Labute approximate surface area is 149 Å². The molecule has 0 spiro atoms. The Hall–Kier alpha value is -2.70. The van der Waals surface area contributed by atoms with Crippen LogP contribution in [0.15, 0.2) is 29.3 Å². The third-order valence-electron chi connectivity index (χ3n) is 5.08. The molecule has 3 aromatic rings. The van der Waals surface area contributed by atoms with Crippen LogP contribution in [0.1, 0.15) is 38.5 Å². The summed E-state index contributed by atoms with van der Waals surface area (Å²) in [4.78, 5) is 32.1. The van der Waals surface area contributed by atoms with Crippen molar-refractivity contribution >= 4 is 27.8 Å². The summed E-state index contributed by atoms with van der Waals surface area (Å²) in [5, 5.41) is 3.63. The molecule has 1 fully saturated rings. The van der Waals surface area contributed by atoms with Crippen molar-refractivity contribution in [3.8, 4) is 0 Å². The van der Waals surface area contributed by atoms with E-state index in [1.807, 2.05) is 0 Å². The van der Waals surface area contributed by atoms with Crippen molar-refractivity contribution < 1.29 is 9.18 Å². The smallest absolute Gasteiger partial charge is 0.277 e. The number of halogens is 1. The second kappa shape index (κ2) is 6.90. The predicted octanol–water partition coefficient (Wildman–Crippen LogP) is 2.86. The number of rotatable bonds is 4. The summed E-state index contributed by atoms with van der Waals surface area (Å²) in [5.74, 6) is -0.411. The van der Waals surface area contributed by atoms with Crippen molar-refractivity contribution in [2.45, 2.75) is 51.1 Å². The number of benzene rings is 1. The van der Waals surface area contributed by atoms with E-state index in [9.17, 15) is 14.0 Å². The molecule has 0 aliphatic heterocycles. The number of aromatic nitrogens is 3. The van der Waals surface area contributed by atoms with Gasteiger partial charge in [0.05, 0.1) is 6.33 Å². The van der Waals surface area contributed by atoms with Crippen LogP contribution >= 0.6 is 0 Å². The van der Waals surface area contributed by atoms with Crippen LogP contribution in [0.25, 0.3) is 21.9 Å². The normalized spacial score (nSPS) is 15.6. The third kappa shape index (κ3) is 3.21. The van der Waals surface area contributed by atoms with Crippen molar-refractivity contribution in [3.63, 3.8) is 0 Å². The SMILES string of the molecule is O=C(CCn1cnc2c([nH]c3ccc(F)cc32)c1=O)NC1CCCCC1. The van der Waals surface area contributed by atoms with Crippen LogP contribution < -0.4 is 10.9 Å². The lowest BCUT2D eigenvalue weighted by molar-refractivity contribution is -0.122. The van der Waals surface area contributed by atoms with E-state index in [0.29, 0.717) is 21.9 Å². The fourth-order valence-electron chi connectivity index (χ4n) is 3.69. The maximum atomic E-state index is 13.5. The number of H-pyrrole nitrogens is 1. The fourth-order valence-corrected chi connectivity index (χ4v) is 3.69. The zero-order valence-electron chi connectivity index (χ0n) is 14.4. The maximum absolute atomic E-state index is 13.5. The van der Waals surface area contributed by atoms with Gasteiger partial charge in [-0.25, -0.2) is 9.37 Å². The molecule has 1 saturated carbocycles. The van der Waals surface area contributed by atoms with E-state index >= 15 is 0 Å². The van der Waals surface area contributed by atoms with Crippen molar-refractivity contribution in [1.29, 1.82) is 0 Å². The summed E-state index contributed by atoms with van der Waals surface area (Å²) in [6, 6.07) is 4.56. The van der Waals surface area contributed by atoms with Gasteiger partial charge in [-0.1, -0.05) is 19.3 Å². The number of aryl methyl sites for hydroxylation is 1. The van der Waals surface area contributed by atoms with Crippen LogP contribution in [0.4, 0.5) is 4.39 Å². The predicted molar refractivity (Wildman–Crippen MR) is 97.5 cm³/mol. The molecule has 0 bridgehead atoms. The first kappa shape index (κ1) is 16.8. The summed E-state index contributed by atoms with van der Waals surface area (Å²) >= 11 is 0. The van der Waals surface area contributed by atoms with Crippen molar-refractivity contribution in [2.75, 3.05) is 0 Å². The van der Waals surface area contributed by atoms with Gasteiger partial charge in [0.15, 0.2) is 0 Å². The highest BCUT2D eigenvalue weighted by atomic mass is 19.1. The van der Waals surface area contributed by atoms with Crippen molar-refractivity contribution in [3.05, 3.63) is 40.7 Å². The minimum atomic E-state index is -0.372. The Balaban J connectivity index is 1.51. The van der Waals surface area contributed by atoms with Gasteiger partial charge in [-0.05, 0) is 31.0 Å². The molecule has 1 aliphatic carbocycles. The first-order valence-electron chi connectivity index (χ1n) is 9.07. The third-order valence-corrected chi connectivity index (χ3v) is 5.08. The van der Waals surface area contributed by atoms with Crippen LogP contribution in [-0.4, -0.2) is 26.5 Å². The van der Waals surface area contributed by atoms with E-state index in [4.69, 9.17) is 0 Å². The molecule has 1 aliphatic rings. The number of nitrogens with one attached hydrogen (secondary N) is 2.